The number of piperazine rings is 1. The van der Waals surface area contributed by atoms with E-state index in [0.717, 1.165) is 17.2 Å². The molecule has 1 saturated heterocycles. The molecule has 0 atom stereocenters. The summed E-state index contributed by atoms with van der Waals surface area (Å²) in [5.41, 5.74) is 1.74. The van der Waals surface area contributed by atoms with Crippen molar-refractivity contribution >= 4 is 15.8 Å². The summed E-state index contributed by atoms with van der Waals surface area (Å²) in [5.74, 6) is 0.888. The summed E-state index contributed by atoms with van der Waals surface area (Å²) < 4.78 is 31.6. The lowest BCUT2D eigenvalue weighted by Gasteiger charge is -2.35. The average Bonchev–Trinajstić information content (AvgIpc) is 2.49. The first-order valence-corrected chi connectivity index (χ1v) is 9.55. The van der Waals surface area contributed by atoms with Gasteiger partial charge in [-0.2, -0.15) is 4.31 Å². The Hall–Kier alpha value is -1.25. The zero-order chi connectivity index (χ0) is 17.0. The fraction of sp³-hybridized carbons (Fsp3) is 0.733. The van der Waals surface area contributed by atoms with Crippen LogP contribution in [-0.2, 0) is 14.8 Å². The summed E-state index contributed by atoms with van der Waals surface area (Å²) in [6.45, 7) is 10.1. The molecule has 1 aromatic heterocycles. The Morgan fingerprint density at radius 1 is 1.22 bits per heavy atom. The van der Waals surface area contributed by atoms with Gasteiger partial charge in [-0.3, -0.25) is 4.98 Å². The van der Waals surface area contributed by atoms with Crippen LogP contribution in [0.15, 0.2) is 6.20 Å². The van der Waals surface area contributed by atoms with E-state index in [-0.39, 0.29) is 18.5 Å². The maximum absolute atomic E-state index is 12.3. The SMILES string of the molecule is Cc1cnc(C)c(N2CCN(S(=O)(=O)CCOC(C)C)CC2)n1. The lowest BCUT2D eigenvalue weighted by Crippen LogP contribution is -2.50. The molecule has 8 heteroatoms. The van der Waals surface area contributed by atoms with Gasteiger partial charge in [-0.15, -0.1) is 0 Å². The van der Waals surface area contributed by atoms with Crippen LogP contribution in [-0.4, -0.2) is 67.3 Å². The van der Waals surface area contributed by atoms with Gasteiger partial charge in [0.15, 0.2) is 0 Å². The van der Waals surface area contributed by atoms with Gasteiger partial charge in [-0.05, 0) is 27.7 Å². The van der Waals surface area contributed by atoms with E-state index in [4.69, 9.17) is 4.74 Å². The highest BCUT2D eigenvalue weighted by atomic mass is 32.2. The molecule has 1 aliphatic rings. The van der Waals surface area contributed by atoms with Crippen LogP contribution in [0.25, 0.3) is 0 Å². The highest BCUT2D eigenvalue weighted by molar-refractivity contribution is 7.89. The van der Waals surface area contributed by atoms with E-state index >= 15 is 0 Å². The zero-order valence-corrected chi connectivity index (χ0v) is 15.1. The van der Waals surface area contributed by atoms with Crippen molar-refractivity contribution in [3.63, 3.8) is 0 Å². The van der Waals surface area contributed by atoms with Gasteiger partial charge >= 0.3 is 0 Å². The Morgan fingerprint density at radius 2 is 1.87 bits per heavy atom. The molecule has 23 heavy (non-hydrogen) atoms. The maximum atomic E-state index is 12.3. The lowest BCUT2D eigenvalue weighted by atomic mass is 10.3. The van der Waals surface area contributed by atoms with Crippen molar-refractivity contribution < 1.29 is 13.2 Å². The van der Waals surface area contributed by atoms with Gasteiger partial charge in [0.25, 0.3) is 0 Å². The van der Waals surface area contributed by atoms with E-state index in [0.29, 0.717) is 26.2 Å². The quantitative estimate of drug-likeness (QED) is 0.767. The molecule has 0 aliphatic carbocycles. The van der Waals surface area contributed by atoms with Crippen LogP contribution in [0.5, 0.6) is 0 Å². The summed E-state index contributed by atoms with van der Waals surface area (Å²) >= 11 is 0. The maximum Gasteiger partial charge on any atom is 0.216 e. The molecule has 130 valence electrons. The third-order valence-electron chi connectivity index (χ3n) is 3.77. The van der Waals surface area contributed by atoms with E-state index < -0.39 is 10.0 Å². The van der Waals surface area contributed by atoms with Crippen molar-refractivity contribution in [2.24, 2.45) is 0 Å². The van der Waals surface area contributed by atoms with Crippen LogP contribution >= 0.6 is 0 Å². The zero-order valence-electron chi connectivity index (χ0n) is 14.3. The molecule has 0 radical (unpaired) electrons. The molecule has 0 aromatic carbocycles. The second-order valence-corrected chi connectivity index (χ2v) is 8.13. The number of anilines is 1. The standard InChI is InChI=1S/C15H26N4O3S/c1-12(2)22-9-10-23(20,21)19-7-5-18(6-8-19)15-14(4)16-11-13(3)17-15/h11-12H,5-10H2,1-4H3. The minimum absolute atomic E-state index is 0.0362. The van der Waals surface area contributed by atoms with Crippen LogP contribution in [0.1, 0.15) is 25.2 Å². The van der Waals surface area contributed by atoms with E-state index in [1.165, 1.54) is 0 Å². The fourth-order valence-corrected chi connectivity index (χ4v) is 3.81. The van der Waals surface area contributed by atoms with Crippen LogP contribution in [0.3, 0.4) is 0 Å². The van der Waals surface area contributed by atoms with Crippen LogP contribution < -0.4 is 4.90 Å². The molecule has 7 nitrogen and oxygen atoms in total. The molecule has 0 spiro atoms. The Balaban J connectivity index is 1.94. The normalized spacial score (nSPS) is 17.0. The fourth-order valence-electron chi connectivity index (χ4n) is 2.52. The van der Waals surface area contributed by atoms with Gasteiger partial charge in [0.05, 0.1) is 29.9 Å². The van der Waals surface area contributed by atoms with Gasteiger partial charge in [0, 0.05) is 32.4 Å². The third-order valence-corrected chi connectivity index (χ3v) is 5.61. The van der Waals surface area contributed by atoms with Crippen molar-refractivity contribution in [1.82, 2.24) is 14.3 Å². The number of sulfonamides is 1. The van der Waals surface area contributed by atoms with Gasteiger partial charge < -0.3 is 9.64 Å². The topological polar surface area (TPSA) is 75.6 Å². The first-order valence-electron chi connectivity index (χ1n) is 7.94. The van der Waals surface area contributed by atoms with E-state index in [2.05, 4.69) is 14.9 Å². The number of hydrogen-bond acceptors (Lipinski definition) is 6. The summed E-state index contributed by atoms with van der Waals surface area (Å²) in [6.07, 6.45) is 1.79. The Bertz CT molecular complexity index is 626. The van der Waals surface area contributed by atoms with E-state index in [1.54, 1.807) is 10.5 Å². The predicted octanol–water partition coefficient (Wildman–Crippen LogP) is 0.970. The Labute approximate surface area is 138 Å². The lowest BCUT2D eigenvalue weighted by molar-refractivity contribution is 0.0906. The molecule has 1 fully saturated rings. The average molecular weight is 342 g/mol. The highest BCUT2D eigenvalue weighted by Gasteiger charge is 2.28. The molecule has 0 unspecified atom stereocenters. The first kappa shape index (κ1) is 18.1. The highest BCUT2D eigenvalue weighted by Crippen LogP contribution is 2.18. The summed E-state index contributed by atoms with van der Waals surface area (Å²) in [7, 11) is -3.26. The Kier molecular flexibility index (Phi) is 5.94. The van der Waals surface area contributed by atoms with E-state index in [1.807, 2.05) is 27.7 Å². The molecule has 1 aliphatic heterocycles. The van der Waals surface area contributed by atoms with Crippen molar-refractivity contribution in [1.29, 1.82) is 0 Å². The number of rotatable bonds is 6. The second-order valence-electron chi connectivity index (χ2n) is 6.04. The monoisotopic (exact) mass is 342 g/mol. The molecule has 2 rings (SSSR count). The van der Waals surface area contributed by atoms with E-state index in [9.17, 15) is 8.42 Å². The summed E-state index contributed by atoms with van der Waals surface area (Å²) in [4.78, 5) is 11.0. The molecule has 0 N–H and O–H groups in total. The second kappa shape index (κ2) is 7.55. The van der Waals surface area contributed by atoms with Gasteiger partial charge in [0.2, 0.25) is 10.0 Å². The van der Waals surface area contributed by atoms with Gasteiger partial charge in [-0.1, -0.05) is 0 Å². The smallest absolute Gasteiger partial charge is 0.216 e. The largest absolute Gasteiger partial charge is 0.378 e. The van der Waals surface area contributed by atoms with Gasteiger partial charge in [0.1, 0.15) is 5.82 Å². The van der Waals surface area contributed by atoms with Crippen LogP contribution in [0.2, 0.25) is 0 Å². The van der Waals surface area contributed by atoms with Crippen molar-refractivity contribution in [3.05, 3.63) is 17.6 Å². The molecular weight excluding hydrogens is 316 g/mol. The number of aromatic nitrogens is 2. The molecular formula is C15H26N4O3S. The summed E-state index contributed by atoms with van der Waals surface area (Å²) in [6, 6.07) is 0. The molecule has 2 heterocycles. The molecule has 1 aromatic rings. The summed E-state index contributed by atoms with van der Waals surface area (Å²) in [5, 5.41) is 0. The third kappa shape index (κ3) is 4.86. The van der Waals surface area contributed by atoms with Crippen molar-refractivity contribution in [3.8, 4) is 0 Å². The molecule has 0 bridgehead atoms. The number of aryl methyl sites for hydroxylation is 2. The first-order chi connectivity index (χ1) is 10.8. The van der Waals surface area contributed by atoms with Crippen molar-refractivity contribution in [2.75, 3.05) is 43.4 Å². The van der Waals surface area contributed by atoms with Crippen LogP contribution in [0, 0.1) is 13.8 Å². The van der Waals surface area contributed by atoms with Crippen LogP contribution in [0.4, 0.5) is 5.82 Å². The molecule has 0 amide bonds. The van der Waals surface area contributed by atoms with Gasteiger partial charge in [-0.25, -0.2) is 13.4 Å². The number of ether oxygens (including phenoxy) is 1. The minimum atomic E-state index is -3.26. The number of hydrogen-bond donors (Lipinski definition) is 0. The molecule has 0 saturated carbocycles. The number of nitrogens with zero attached hydrogens (tertiary/aromatic N) is 4. The predicted molar refractivity (Wildman–Crippen MR) is 90.2 cm³/mol. The Morgan fingerprint density at radius 3 is 2.48 bits per heavy atom. The minimum Gasteiger partial charge on any atom is -0.378 e. The van der Waals surface area contributed by atoms with Crippen molar-refractivity contribution in [2.45, 2.75) is 33.8 Å².